The molecule has 0 aromatic carbocycles. The molecule has 0 fully saturated rings. The number of ether oxygens (including phenoxy) is 2. The lowest BCUT2D eigenvalue weighted by molar-refractivity contribution is -0.172. The van der Waals surface area contributed by atoms with Crippen molar-refractivity contribution in [1.82, 2.24) is 0 Å². The molecule has 0 aromatic heterocycles. The normalized spacial score (nSPS) is 14.4. The first-order valence-corrected chi connectivity index (χ1v) is 12.0. The molecular weight excluding hydrogens is 362 g/mol. The van der Waals surface area contributed by atoms with E-state index in [9.17, 15) is 9.59 Å². The van der Waals surface area contributed by atoms with Crippen LogP contribution in [0.2, 0.25) is 0 Å². The quantitative estimate of drug-likeness (QED) is 0.276. The van der Waals surface area contributed by atoms with Gasteiger partial charge in [0.15, 0.2) is 6.10 Å². The zero-order chi connectivity index (χ0) is 20.5. The Bertz CT molecular complexity index is 406. The van der Waals surface area contributed by atoms with Gasteiger partial charge in [0.05, 0.1) is 6.61 Å². The number of hydrogen-bond donors (Lipinski definition) is 1. The molecule has 2 N–H and O–H groups in total. The smallest absolute Gasteiger partial charge is 0.347 e. The summed E-state index contributed by atoms with van der Waals surface area (Å²) in [6.07, 6.45) is 11.0. The van der Waals surface area contributed by atoms with E-state index in [2.05, 4.69) is 13.8 Å². The third-order valence-electron chi connectivity index (χ3n) is 4.76. The topological polar surface area (TPSA) is 78.6 Å². The van der Waals surface area contributed by atoms with Crippen LogP contribution in [0.3, 0.4) is 0 Å². The third-order valence-corrected chi connectivity index (χ3v) is 5.37. The first kappa shape index (κ1) is 26.2. The van der Waals surface area contributed by atoms with Crippen LogP contribution in [0.1, 0.15) is 91.4 Å². The molecule has 2 atom stereocenters. The Morgan fingerprint density at radius 2 is 1.59 bits per heavy atom. The summed E-state index contributed by atoms with van der Waals surface area (Å²) >= 11 is 1.66. The lowest BCUT2D eigenvalue weighted by atomic mass is 9.90. The van der Waals surface area contributed by atoms with E-state index < -0.39 is 23.6 Å². The van der Waals surface area contributed by atoms with E-state index in [1.54, 1.807) is 11.8 Å². The molecule has 6 heteroatoms. The van der Waals surface area contributed by atoms with Crippen LogP contribution < -0.4 is 5.73 Å². The molecule has 0 radical (unpaired) electrons. The molecule has 0 amide bonds. The van der Waals surface area contributed by atoms with Gasteiger partial charge in [0, 0.05) is 0 Å². The zero-order valence-corrected chi connectivity index (χ0v) is 18.7. The van der Waals surface area contributed by atoms with Gasteiger partial charge in [-0.2, -0.15) is 11.8 Å². The molecule has 0 aliphatic rings. The van der Waals surface area contributed by atoms with Crippen LogP contribution in [0.15, 0.2) is 0 Å². The summed E-state index contributed by atoms with van der Waals surface area (Å²) < 4.78 is 10.8. The van der Waals surface area contributed by atoms with Gasteiger partial charge in [-0.3, -0.25) is 4.79 Å². The highest BCUT2D eigenvalue weighted by molar-refractivity contribution is 7.98. The molecule has 160 valence electrons. The Kier molecular flexibility index (Phi) is 15.8. The second kappa shape index (κ2) is 16.2. The van der Waals surface area contributed by atoms with E-state index in [4.69, 9.17) is 15.2 Å². The Labute approximate surface area is 170 Å². The van der Waals surface area contributed by atoms with Crippen molar-refractivity contribution in [2.75, 3.05) is 18.6 Å². The average Bonchev–Trinajstić information content (AvgIpc) is 2.67. The van der Waals surface area contributed by atoms with E-state index in [0.29, 0.717) is 25.9 Å². The van der Waals surface area contributed by atoms with E-state index in [0.717, 1.165) is 57.1 Å². The number of carbonyl (C=O) groups excluding carboxylic acids is 2. The Morgan fingerprint density at radius 1 is 0.963 bits per heavy atom. The van der Waals surface area contributed by atoms with E-state index >= 15 is 0 Å². The molecule has 0 aliphatic carbocycles. The summed E-state index contributed by atoms with van der Waals surface area (Å²) in [5, 5.41) is 0. The summed E-state index contributed by atoms with van der Waals surface area (Å²) in [4.78, 5) is 25.0. The molecule has 0 saturated heterocycles. The minimum atomic E-state index is -1.02. The van der Waals surface area contributed by atoms with Crippen LogP contribution >= 0.6 is 11.8 Å². The standard InChI is InChI=1S/C21H41NO4S/c1-5-8-10-12-14-21(22,15-17-27-4)20(24)26-18(7-3)19(23)25-16-13-11-9-6-2/h18H,5-17,22H2,1-4H3. The molecule has 5 nitrogen and oxygen atoms in total. The first-order chi connectivity index (χ1) is 12.9. The highest BCUT2D eigenvalue weighted by Gasteiger charge is 2.37. The van der Waals surface area contributed by atoms with Crippen LogP contribution in [0.5, 0.6) is 0 Å². The molecule has 0 aromatic rings. The van der Waals surface area contributed by atoms with Gasteiger partial charge in [0.1, 0.15) is 5.54 Å². The van der Waals surface area contributed by atoms with Gasteiger partial charge in [-0.25, -0.2) is 4.79 Å². The predicted molar refractivity (Wildman–Crippen MR) is 114 cm³/mol. The first-order valence-electron chi connectivity index (χ1n) is 10.6. The molecule has 0 bridgehead atoms. The maximum Gasteiger partial charge on any atom is 0.347 e. The lowest BCUT2D eigenvalue weighted by Crippen LogP contribution is -2.51. The largest absolute Gasteiger partial charge is 0.463 e. The van der Waals surface area contributed by atoms with E-state index in [1.165, 1.54) is 0 Å². The van der Waals surface area contributed by atoms with E-state index in [1.807, 2.05) is 13.2 Å². The number of nitrogens with two attached hydrogens (primary N) is 1. The maximum atomic E-state index is 12.8. The average molecular weight is 404 g/mol. The highest BCUT2D eigenvalue weighted by Crippen LogP contribution is 2.22. The van der Waals surface area contributed by atoms with Crippen LogP contribution in [0, 0.1) is 0 Å². The number of unbranched alkanes of at least 4 members (excludes halogenated alkanes) is 6. The predicted octanol–water partition coefficient (Wildman–Crippen LogP) is 4.85. The van der Waals surface area contributed by atoms with Crippen molar-refractivity contribution in [1.29, 1.82) is 0 Å². The number of hydrogen-bond acceptors (Lipinski definition) is 6. The molecule has 0 rings (SSSR count). The SMILES string of the molecule is CCCCCCOC(=O)C(CC)OC(=O)C(N)(CCCCCC)CCSC. The number of esters is 2. The van der Waals surface area contributed by atoms with Crippen LogP contribution in [0.25, 0.3) is 0 Å². The Hall–Kier alpha value is -0.750. The number of rotatable bonds is 17. The van der Waals surface area contributed by atoms with E-state index in [-0.39, 0.29) is 0 Å². The van der Waals surface area contributed by atoms with Gasteiger partial charge in [-0.05, 0) is 37.7 Å². The molecule has 2 unspecified atom stereocenters. The van der Waals surface area contributed by atoms with Crippen molar-refractivity contribution in [3.63, 3.8) is 0 Å². The fourth-order valence-electron chi connectivity index (χ4n) is 2.82. The molecule has 27 heavy (non-hydrogen) atoms. The summed E-state index contributed by atoms with van der Waals surface area (Å²) in [7, 11) is 0. The molecular formula is C21H41NO4S. The summed E-state index contributed by atoms with van der Waals surface area (Å²) in [5.74, 6) is -0.138. The maximum absolute atomic E-state index is 12.8. The number of thioether (sulfide) groups is 1. The van der Waals surface area contributed by atoms with Crippen molar-refractivity contribution in [2.24, 2.45) is 5.73 Å². The second-order valence-electron chi connectivity index (χ2n) is 7.24. The van der Waals surface area contributed by atoms with Gasteiger partial charge in [-0.15, -0.1) is 0 Å². The van der Waals surface area contributed by atoms with Crippen molar-refractivity contribution in [3.8, 4) is 0 Å². The summed E-state index contributed by atoms with van der Waals surface area (Å²) in [5.41, 5.74) is 5.41. The third kappa shape index (κ3) is 11.6. The van der Waals surface area contributed by atoms with Gasteiger partial charge >= 0.3 is 11.9 Å². The van der Waals surface area contributed by atoms with Crippen LogP contribution in [-0.4, -0.2) is 42.2 Å². The molecule has 0 saturated carbocycles. The number of carbonyl (C=O) groups is 2. The van der Waals surface area contributed by atoms with Crippen molar-refractivity contribution in [2.45, 2.75) is 103 Å². The highest BCUT2D eigenvalue weighted by atomic mass is 32.2. The van der Waals surface area contributed by atoms with Crippen LogP contribution in [-0.2, 0) is 19.1 Å². The van der Waals surface area contributed by atoms with Crippen molar-refractivity contribution < 1.29 is 19.1 Å². The Balaban J connectivity index is 4.65. The van der Waals surface area contributed by atoms with Crippen molar-refractivity contribution in [3.05, 3.63) is 0 Å². The fourth-order valence-corrected chi connectivity index (χ4v) is 3.39. The lowest BCUT2D eigenvalue weighted by Gasteiger charge is -2.29. The molecule has 0 spiro atoms. The minimum absolute atomic E-state index is 0.379. The second-order valence-corrected chi connectivity index (χ2v) is 8.23. The summed E-state index contributed by atoms with van der Waals surface area (Å²) in [6, 6.07) is 0. The fraction of sp³-hybridized carbons (Fsp3) is 0.905. The molecule has 0 aliphatic heterocycles. The van der Waals surface area contributed by atoms with Gasteiger partial charge in [0.2, 0.25) is 0 Å². The monoisotopic (exact) mass is 403 g/mol. The molecule has 0 heterocycles. The van der Waals surface area contributed by atoms with Gasteiger partial charge < -0.3 is 15.2 Å². The van der Waals surface area contributed by atoms with Gasteiger partial charge in [0.25, 0.3) is 0 Å². The van der Waals surface area contributed by atoms with Crippen molar-refractivity contribution >= 4 is 23.7 Å². The minimum Gasteiger partial charge on any atom is -0.463 e. The summed E-state index contributed by atoms with van der Waals surface area (Å²) in [6.45, 7) is 6.48. The van der Waals surface area contributed by atoms with Gasteiger partial charge in [-0.1, -0.05) is 65.7 Å². The van der Waals surface area contributed by atoms with Crippen LogP contribution in [0.4, 0.5) is 0 Å². The Morgan fingerprint density at radius 3 is 2.15 bits per heavy atom. The zero-order valence-electron chi connectivity index (χ0n) is 17.9.